The SMILES string of the molecule is CO[C@@H]1CN(S(C)(=O)=O)CC[C@H]1N=[N+]=[N-].CS(=O)(=O)N1CC[C@@H](N=[N+]=[N-])[C@H](O)C1.[I][Re].[I][Re]. The summed E-state index contributed by atoms with van der Waals surface area (Å²) in [5, 5.41) is 16.4. The van der Waals surface area contributed by atoms with E-state index in [-0.39, 0.29) is 25.2 Å². The summed E-state index contributed by atoms with van der Waals surface area (Å²) in [5.74, 6) is 0. The van der Waals surface area contributed by atoms with Gasteiger partial charge >= 0.3 is 70.2 Å². The number of hydrogen-bond acceptors (Lipinski definition) is 8. The van der Waals surface area contributed by atoms with E-state index in [1.54, 1.807) is 31.2 Å². The Balaban J connectivity index is 0. The molecule has 2 rings (SSSR count). The molecule has 0 bridgehead atoms. The first-order valence-corrected chi connectivity index (χ1v) is 28.0. The van der Waals surface area contributed by atoms with Crippen LogP contribution >= 0.6 is 39.0 Å². The Morgan fingerprint density at radius 2 is 1.30 bits per heavy atom. The number of ether oxygens (including phenoxy) is 1. The van der Waals surface area contributed by atoms with Gasteiger partial charge in [0.05, 0.1) is 36.8 Å². The molecule has 2 heterocycles. The third kappa shape index (κ3) is 14.5. The van der Waals surface area contributed by atoms with Crippen molar-refractivity contribution < 1.29 is 57.9 Å². The zero-order chi connectivity index (χ0) is 26.2. The van der Waals surface area contributed by atoms with Crippen molar-refractivity contribution in [3.05, 3.63) is 20.9 Å². The quantitative estimate of drug-likeness (QED) is 0.188. The van der Waals surface area contributed by atoms with E-state index in [4.69, 9.17) is 15.8 Å². The van der Waals surface area contributed by atoms with Gasteiger partial charge in [-0.15, -0.1) is 0 Å². The number of hydrogen-bond donors (Lipinski definition) is 1. The van der Waals surface area contributed by atoms with Gasteiger partial charge < -0.3 is 9.84 Å². The molecule has 0 saturated carbocycles. The first-order valence-electron chi connectivity index (χ1n) is 8.92. The second-order valence-electron chi connectivity index (χ2n) is 6.71. The number of halogens is 2. The van der Waals surface area contributed by atoms with Crippen molar-refractivity contribution in [2.75, 3.05) is 45.8 Å². The van der Waals surface area contributed by atoms with Crippen molar-refractivity contribution in [1.29, 1.82) is 0 Å². The molecular formula is C13H26I2N8O6Re2S2. The van der Waals surface area contributed by atoms with Crippen molar-refractivity contribution in [1.82, 2.24) is 8.61 Å². The Morgan fingerprint density at radius 3 is 1.67 bits per heavy atom. The first-order chi connectivity index (χ1) is 15.4. The van der Waals surface area contributed by atoms with Gasteiger partial charge in [0.1, 0.15) is 0 Å². The van der Waals surface area contributed by atoms with E-state index in [0.717, 1.165) is 12.5 Å². The van der Waals surface area contributed by atoms with E-state index in [2.05, 4.69) is 59.1 Å². The van der Waals surface area contributed by atoms with E-state index in [1.165, 1.54) is 15.7 Å². The number of aliphatic hydroxyl groups excluding tert-OH is 1. The summed E-state index contributed by atoms with van der Waals surface area (Å²) in [6.07, 6.45) is 1.84. The fourth-order valence-corrected chi connectivity index (χ4v) is 4.71. The third-order valence-corrected chi connectivity index (χ3v) is 7.18. The predicted molar refractivity (Wildman–Crippen MR) is 133 cm³/mol. The number of piperidine rings is 2. The van der Waals surface area contributed by atoms with Crippen molar-refractivity contribution in [3.63, 3.8) is 0 Å². The summed E-state index contributed by atoms with van der Waals surface area (Å²) in [6.45, 7) is 0.920. The second kappa shape index (κ2) is 19.3. The molecule has 4 atom stereocenters. The molecule has 1 N–H and O–H groups in total. The maximum absolute atomic E-state index is 11.3. The molecule has 20 heteroatoms. The summed E-state index contributed by atoms with van der Waals surface area (Å²) in [5.41, 5.74) is 16.5. The average molecular weight is 1080 g/mol. The number of sulfonamides is 2. The molecule has 2 aliphatic heterocycles. The third-order valence-electron chi connectivity index (χ3n) is 4.64. The molecule has 0 aliphatic carbocycles. The average Bonchev–Trinajstić information content (AvgIpc) is 2.77. The van der Waals surface area contributed by atoms with Gasteiger partial charge in [0.2, 0.25) is 20.0 Å². The summed E-state index contributed by atoms with van der Waals surface area (Å²) in [4.78, 5) is 5.32. The fourth-order valence-electron chi connectivity index (χ4n) is 3.00. The minimum absolute atomic E-state index is 0.00250. The van der Waals surface area contributed by atoms with Gasteiger partial charge in [0.15, 0.2) is 0 Å². The number of aliphatic hydroxyl groups is 1. The Kier molecular flexibility index (Phi) is 21.2. The van der Waals surface area contributed by atoms with Crippen molar-refractivity contribution >= 4 is 59.1 Å². The van der Waals surface area contributed by atoms with Crippen molar-refractivity contribution in [3.8, 4) is 0 Å². The van der Waals surface area contributed by atoms with Crippen LogP contribution in [0.15, 0.2) is 10.2 Å². The Hall–Kier alpha value is 1.14. The molecule has 0 amide bonds. The molecule has 0 unspecified atom stereocenters. The normalized spacial score (nSPS) is 25.8. The maximum atomic E-state index is 11.3. The van der Waals surface area contributed by atoms with Crippen LogP contribution in [0.2, 0.25) is 0 Å². The minimum atomic E-state index is -3.26. The van der Waals surface area contributed by atoms with Crippen LogP contribution in [0, 0.1) is 0 Å². The standard InChI is InChI=1S/C7H14N4O3S.C6H12N4O3S.2HI.2Re/c1-14-7-5-11(15(2,12)13)4-3-6(7)9-10-8;1-14(12,13)10-3-2-5(8-9-7)6(11)4-10;;;;/h6-7H,3-5H2,1-2H3;5-6,11H,2-4H2,1H3;2*1H;;/q;;;;2*+1/p-2/t6-,7-;5-,6-;;;;/m11..../s1. The number of β-amino-alcohol motifs (C(OH)–C–C–N with tert-alkyl or cyclic N) is 1. The molecule has 0 aromatic rings. The van der Waals surface area contributed by atoms with E-state index in [9.17, 15) is 21.9 Å². The topological polar surface area (TPSA) is 202 Å². The molecule has 2 saturated heterocycles. The van der Waals surface area contributed by atoms with Crippen LogP contribution in [0.5, 0.6) is 0 Å². The van der Waals surface area contributed by atoms with Gasteiger partial charge in [0.25, 0.3) is 0 Å². The van der Waals surface area contributed by atoms with Gasteiger partial charge in [-0.3, -0.25) is 0 Å². The fraction of sp³-hybridized carbons (Fsp3) is 1.00. The molecule has 0 spiro atoms. The van der Waals surface area contributed by atoms with Crippen LogP contribution in [0.3, 0.4) is 0 Å². The summed E-state index contributed by atoms with van der Waals surface area (Å²) in [7, 11) is -4.96. The van der Waals surface area contributed by atoms with Crippen LogP contribution in [-0.2, 0) is 56.0 Å². The Morgan fingerprint density at radius 1 is 0.909 bits per heavy atom. The van der Waals surface area contributed by atoms with Gasteiger partial charge in [0, 0.05) is 43.1 Å². The van der Waals surface area contributed by atoms with E-state index in [0.29, 0.717) is 25.9 Å². The predicted octanol–water partition coefficient (Wildman–Crippen LogP) is 1.80. The molecule has 2 aliphatic rings. The second-order valence-corrected chi connectivity index (χ2v) is 10.7. The van der Waals surface area contributed by atoms with Crippen LogP contribution in [0.25, 0.3) is 20.9 Å². The van der Waals surface area contributed by atoms with Gasteiger partial charge in [-0.05, 0) is 23.9 Å². The van der Waals surface area contributed by atoms with Crippen molar-refractivity contribution in [2.45, 2.75) is 37.1 Å². The van der Waals surface area contributed by atoms with Gasteiger partial charge in [-0.25, -0.2) is 16.8 Å². The monoisotopic (exact) mass is 1080 g/mol. The summed E-state index contributed by atoms with van der Waals surface area (Å²) in [6, 6.07) is -0.795. The first kappa shape index (κ1) is 36.3. The van der Waals surface area contributed by atoms with Crippen molar-refractivity contribution in [2.24, 2.45) is 10.2 Å². The van der Waals surface area contributed by atoms with E-state index < -0.39 is 32.2 Å². The Bertz CT molecular complexity index is 874. The van der Waals surface area contributed by atoms with Crippen LogP contribution in [-0.4, -0.2) is 101 Å². The van der Waals surface area contributed by atoms with E-state index >= 15 is 0 Å². The molecule has 0 aromatic carbocycles. The molecule has 2 fully saturated rings. The van der Waals surface area contributed by atoms with E-state index in [1.807, 2.05) is 0 Å². The summed E-state index contributed by atoms with van der Waals surface area (Å²) < 4.78 is 52.4. The van der Waals surface area contributed by atoms with Crippen LogP contribution < -0.4 is 0 Å². The zero-order valence-corrected chi connectivity index (χ0v) is 29.3. The molecule has 33 heavy (non-hydrogen) atoms. The number of azide groups is 2. The molecule has 0 radical (unpaired) electrons. The molecule has 0 aromatic heterocycles. The summed E-state index contributed by atoms with van der Waals surface area (Å²) >= 11 is 7.80. The number of rotatable bonds is 5. The molecular weight excluding hydrogens is 1050 g/mol. The Labute approximate surface area is 237 Å². The van der Waals surface area contributed by atoms with Crippen LogP contribution in [0.1, 0.15) is 12.8 Å². The van der Waals surface area contributed by atoms with Crippen LogP contribution in [0.4, 0.5) is 0 Å². The molecule has 194 valence electrons. The number of methoxy groups -OCH3 is 1. The zero-order valence-electron chi connectivity index (χ0n) is 17.9. The molecule has 14 nitrogen and oxygen atoms in total. The van der Waals surface area contributed by atoms with Gasteiger partial charge in [-0.1, -0.05) is 10.2 Å². The number of nitrogens with zero attached hydrogens (tertiary/aromatic N) is 8. The van der Waals surface area contributed by atoms with Gasteiger partial charge in [-0.2, -0.15) is 8.61 Å².